The average molecular weight is 247 g/mol. The van der Waals surface area contributed by atoms with Gasteiger partial charge in [-0.15, -0.1) is 0 Å². The van der Waals surface area contributed by atoms with Crippen molar-refractivity contribution in [1.82, 2.24) is 0 Å². The molecule has 0 fully saturated rings. The molecular weight excluding hydrogens is 232 g/mol. The number of aliphatic hydroxyl groups excluding tert-OH is 1. The van der Waals surface area contributed by atoms with E-state index in [1.54, 1.807) is 14.0 Å². The van der Waals surface area contributed by atoms with Gasteiger partial charge in [0.05, 0.1) is 12.2 Å². The second-order valence-corrected chi connectivity index (χ2v) is 4.20. The van der Waals surface area contributed by atoms with E-state index in [-0.39, 0.29) is 12.2 Å². The summed E-state index contributed by atoms with van der Waals surface area (Å²) in [5, 5.41) is 9.26. The molecule has 2 atom stereocenters. The molecule has 0 aromatic heterocycles. The Morgan fingerprint density at radius 3 is 3.00 bits per heavy atom. The number of hydrogen-bond acceptors (Lipinski definition) is 2. The number of methoxy groups -OCH3 is 1. The summed E-state index contributed by atoms with van der Waals surface area (Å²) in [6.07, 6.45) is 5.48. The highest BCUT2D eigenvalue weighted by atomic mass is 79.9. The first kappa shape index (κ1) is 11.0. The van der Waals surface area contributed by atoms with Gasteiger partial charge in [0.25, 0.3) is 0 Å². The molecule has 0 aliphatic heterocycles. The Balaban J connectivity index is 2.64. The highest BCUT2D eigenvalue weighted by Crippen LogP contribution is 2.28. The lowest BCUT2D eigenvalue weighted by Crippen LogP contribution is -2.14. The van der Waals surface area contributed by atoms with Crippen LogP contribution in [0.3, 0.4) is 0 Å². The summed E-state index contributed by atoms with van der Waals surface area (Å²) in [6.45, 7) is 1.80. The topological polar surface area (TPSA) is 29.5 Å². The van der Waals surface area contributed by atoms with E-state index in [9.17, 15) is 5.11 Å². The Hall–Kier alpha value is -0.120. The summed E-state index contributed by atoms with van der Waals surface area (Å²) in [5.74, 6) is 0. The molecular formula is C10H15BrO2. The van der Waals surface area contributed by atoms with Crippen LogP contribution in [0.5, 0.6) is 0 Å². The number of rotatable bonds is 3. The zero-order valence-electron chi connectivity index (χ0n) is 7.96. The Morgan fingerprint density at radius 1 is 1.77 bits per heavy atom. The molecule has 0 aromatic carbocycles. The van der Waals surface area contributed by atoms with Gasteiger partial charge in [0.1, 0.15) is 0 Å². The van der Waals surface area contributed by atoms with E-state index in [0.29, 0.717) is 6.42 Å². The molecule has 1 aliphatic carbocycles. The first-order chi connectivity index (χ1) is 6.13. The molecule has 0 spiro atoms. The SMILES string of the molecule is COC1C=CC(Br)=C(CC(C)O)C1. The van der Waals surface area contributed by atoms with E-state index in [0.717, 1.165) is 10.9 Å². The van der Waals surface area contributed by atoms with Crippen LogP contribution in [0.25, 0.3) is 0 Å². The van der Waals surface area contributed by atoms with Crippen molar-refractivity contribution < 1.29 is 9.84 Å². The maximum absolute atomic E-state index is 9.26. The third-order valence-electron chi connectivity index (χ3n) is 2.09. The minimum Gasteiger partial charge on any atom is -0.393 e. The largest absolute Gasteiger partial charge is 0.393 e. The zero-order chi connectivity index (χ0) is 9.84. The molecule has 0 saturated heterocycles. The maximum atomic E-state index is 9.26. The minimum absolute atomic E-state index is 0.162. The van der Waals surface area contributed by atoms with Crippen LogP contribution >= 0.6 is 15.9 Å². The lowest BCUT2D eigenvalue weighted by Gasteiger charge is -2.20. The molecule has 2 unspecified atom stereocenters. The second-order valence-electron chi connectivity index (χ2n) is 3.34. The van der Waals surface area contributed by atoms with Crippen molar-refractivity contribution in [3.63, 3.8) is 0 Å². The molecule has 13 heavy (non-hydrogen) atoms. The van der Waals surface area contributed by atoms with Gasteiger partial charge >= 0.3 is 0 Å². The molecule has 0 radical (unpaired) electrons. The Kier molecular flexibility index (Phi) is 4.16. The molecule has 1 N–H and O–H groups in total. The maximum Gasteiger partial charge on any atom is 0.0793 e. The minimum atomic E-state index is -0.286. The molecule has 3 heteroatoms. The smallest absolute Gasteiger partial charge is 0.0793 e. The van der Waals surface area contributed by atoms with Gasteiger partial charge in [-0.05, 0) is 25.8 Å². The highest BCUT2D eigenvalue weighted by molar-refractivity contribution is 9.11. The van der Waals surface area contributed by atoms with Crippen molar-refractivity contribution >= 4 is 15.9 Å². The molecule has 0 bridgehead atoms. The highest BCUT2D eigenvalue weighted by Gasteiger charge is 2.15. The van der Waals surface area contributed by atoms with E-state index < -0.39 is 0 Å². The Bertz CT molecular complexity index is 231. The third kappa shape index (κ3) is 3.25. The van der Waals surface area contributed by atoms with Gasteiger partial charge in [0.15, 0.2) is 0 Å². The van der Waals surface area contributed by atoms with Crippen molar-refractivity contribution in [2.45, 2.75) is 32.0 Å². The van der Waals surface area contributed by atoms with E-state index in [1.807, 2.05) is 12.2 Å². The Labute approximate surface area is 87.4 Å². The van der Waals surface area contributed by atoms with Crippen LogP contribution in [0.1, 0.15) is 19.8 Å². The fourth-order valence-corrected chi connectivity index (χ4v) is 1.89. The van der Waals surface area contributed by atoms with Gasteiger partial charge in [-0.2, -0.15) is 0 Å². The van der Waals surface area contributed by atoms with Crippen LogP contribution in [0.4, 0.5) is 0 Å². The molecule has 0 aromatic rings. The zero-order valence-corrected chi connectivity index (χ0v) is 9.54. The number of halogens is 1. The Morgan fingerprint density at radius 2 is 2.46 bits per heavy atom. The lowest BCUT2D eigenvalue weighted by atomic mass is 9.98. The van der Waals surface area contributed by atoms with Crippen LogP contribution in [0.2, 0.25) is 0 Å². The van der Waals surface area contributed by atoms with Crippen molar-refractivity contribution in [3.05, 3.63) is 22.2 Å². The van der Waals surface area contributed by atoms with E-state index in [4.69, 9.17) is 4.74 Å². The predicted molar refractivity (Wildman–Crippen MR) is 56.8 cm³/mol. The predicted octanol–water partition coefficient (Wildman–Crippen LogP) is 2.38. The van der Waals surface area contributed by atoms with Crippen LogP contribution in [0.15, 0.2) is 22.2 Å². The van der Waals surface area contributed by atoms with Gasteiger partial charge in [-0.1, -0.05) is 27.6 Å². The summed E-state index contributed by atoms with van der Waals surface area (Å²) >= 11 is 3.47. The third-order valence-corrected chi connectivity index (χ3v) is 2.91. The van der Waals surface area contributed by atoms with Gasteiger partial charge in [0, 0.05) is 11.6 Å². The fraction of sp³-hybridized carbons (Fsp3) is 0.600. The number of hydrogen-bond donors (Lipinski definition) is 1. The summed E-state index contributed by atoms with van der Waals surface area (Å²) in [7, 11) is 1.70. The molecule has 1 aliphatic rings. The molecule has 0 amide bonds. The lowest BCUT2D eigenvalue weighted by molar-refractivity contribution is 0.135. The summed E-state index contributed by atoms with van der Waals surface area (Å²) in [6, 6.07) is 0. The quantitative estimate of drug-likeness (QED) is 0.829. The average Bonchev–Trinajstić information content (AvgIpc) is 2.08. The van der Waals surface area contributed by atoms with Crippen LogP contribution in [0, 0.1) is 0 Å². The van der Waals surface area contributed by atoms with Crippen molar-refractivity contribution in [1.29, 1.82) is 0 Å². The van der Waals surface area contributed by atoms with Crippen molar-refractivity contribution in [2.24, 2.45) is 0 Å². The van der Waals surface area contributed by atoms with Gasteiger partial charge in [0.2, 0.25) is 0 Å². The molecule has 0 heterocycles. The summed E-state index contributed by atoms with van der Waals surface area (Å²) in [4.78, 5) is 0. The van der Waals surface area contributed by atoms with E-state index in [2.05, 4.69) is 15.9 Å². The number of aliphatic hydroxyl groups is 1. The second kappa shape index (κ2) is 4.94. The van der Waals surface area contributed by atoms with Crippen LogP contribution in [-0.4, -0.2) is 24.4 Å². The standard InChI is InChI=1S/C10H15BrO2/c1-7(12)5-8-6-9(13-2)3-4-10(8)11/h3-4,7,9,12H,5-6H2,1-2H3. The number of allylic oxidation sites excluding steroid dienone is 2. The molecule has 74 valence electrons. The van der Waals surface area contributed by atoms with Crippen molar-refractivity contribution in [2.75, 3.05) is 7.11 Å². The number of ether oxygens (including phenoxy) is 1. The normalized spacial score (nSPS) is 25.1. The first-order valence-corrected chi connectivity index (χ1v) is 5.19. The summed E-state index contributed by atoms with van der Waals surface area (Å²) < 4.78 is 6.31. The molecule has 2 nitrogen and oxygen atoms in total. The van der Waals surface area contributed by atoms with E-state index in [1.165, 1.54) is 5.57 Å². The molecule has 1 rings (SSSR count). The van der Waals surface area contributed by atoms with Crippen molar-refractivity contribution in [3.8, 4) is 0 Å². The van der Waals surface area contributed by atoms with Crippen LogP contribution < -0.4 is 0 Å². The fourth-order valence-electron chi connectivity index (χ4n) is 1.42. The van der Waals surface area contributed by atoms with E-state index >= 15 is 0 Å². The monoisotopic (exact) mass is 246 g/mol. The molecule has 0 saturated carbocycles. The summed E-state index contributed by atoms with van der Waals surface area (Å²) in [5.41, 5.74) is 1.23. The van der Waals surface area contributed by atoms with Gasteiger partial charge in [-0.25, -0.2) is 0 Å². The first-order valence-electron chi connectivity index (χ1n) is 4.40. The van der Waals surface area contributed by atoms with Gasteiger partial charge < -0.3 is 9.84 Å². The van der Waals surface area contributed by atoms with Crippen LogP contribution in [-0.2, 0) is 4.74 Å². The van der Waals surface area contributed by atoms with Gasteiger partial charge in [-0.3, -0.25) is 0 Å².